The highest BCUT2D eigenvalue weighted by molar-refractivity contribution is 7.98. The molecule has 0 bridgehead atoms. The molecule has 3 aromatic rings. The molecule has 3 rings (SSSR count). The van der Waals surface area contributed by atoms with Crippen molar-refractivity contribution in [1.29, 1.82) is 0 Å². The van der Waals surface area contributed by atoms with Crippen molar-refractivity contribution < 1.29 is 77.6 Å². The predicted molar refractivity (Wildman–Crippen MR) is 371 cm³/mol. The van der Waals surface area contributed by atoms with E-state index in [1.807, 2.05) is 13.8 Å². The van der Waals surface area contributed by atoms with Crippen molar-refractivity contribution in [2.75, 3.05) is 25.1 Å². The van der Waals surface area contributed by atoms with Gasteiger partial charge in [-0.15, -0.1) is 0 Å². The van der Waals surface area contributed by atoms with E-state index in [2.05, 4.69) is 88.4 Å². The van der Waals surface area contributed by atoms with E-state index in [9.17, 15) is 77.6 Å². The molecule has 3 heterocycles. The van der Waals surface area contributed by atoms with Gasteiger partial charge in [0.2, 0.25) is 65.0 Å². The van der Waals surface area contributed by atoms with Crippen molar-refractivity contribution in [3.63, 3.8) is 0 Å². The Kier molecular flexibility index (Phi) is 38.3. The molecule has 0 radical (unpaired) electrons. The number of aliphatic hydroxyl groups excluding tert-OH is 1. The first-order valence-corrected chi connectivity index (χ1v) is 35.2. The van der Waals surface area contributed by atoms with Crippen LogP contribution in [-0.4, -0.2) is 226 Å². The van der Waals surface area contributed by atoms with E-state index in [1.54, 1.807) is 34.0 Å². The fourth-order valence-corrected chi connectivity index (χ4v) is 10.8. The number of aliphatic carboxylic acids is 2. The van der Waals surface area contributed by atoms with Crippen molar-refractivity contribution in [3.05, 3.63) is 54.7 Å². The lowest BCUT2D eigenvalue weighted by Crippen LogP contribution is -2.62. The second-order valence-electron chi connectivity index (χ2n) is 26.0. The van der Waals surface area contributed by atoms with Crippen LogP contribution in [-0.2, 0) is 81.6 Å². The minimum atomic E-state index is -1.71. The molecule has 37 heteroatoms. The third-order valence-corrected chi connectivity index (χ3v) is 16.6. The third-order valence-electron chi connectivity index (χ3n) is 15.9. The number of thioether (sulfide) groups is 1. The molecule has 0 saturated heterocycles. The van der Waals surface area contributed by atoms with Gasteiger partial charge in [-0.1, -0.05) is 41.5 Å². The van der Waals surface area contributed by atoms with Crippen molar-refractivity contribution in [1.82, 2.24) is 88.4 Å². The number of nitrogens with one attached hydrogen (secondary N) is 14. The second-order valence-corrected chi connectivity index (χ2v) is 26.9. The number of hydrogen-bond acceptors (Lipinski definition) is 21. The van der Waals surface area contributed by atoms with Gasteiger partial charge in [0.25, 0.3) is 0 Å². The summed E-state index contributed by atoms with van der Waals surface area (Å²) >= 11 is 1.27. The molecule has 23 N–H and O–H groups in total. The fourth-order valence-electron chi connectivity index (χ4n) is 10.4. The van der Waals surface area contributed by atoms with Crippen molar-refractivity contribution in [3.8, 4) is 0 Å². The third kappa shape index (κ3) is 31.6. The largest absolute Gasteiger partial charge is 0.481 e. The minimum absolute atomic E-state index is 0.0190. The maximum absolute atomic E-state index is 14.8. The quantitative estimate of drug-likeness (QED) is 0.0246. The maximum Gasteiger partial charge on any atom is 0.326 e. The molecule has 36 nitrogen and oxygen atoms in total. The zero-order valence-corrected chi connectivity index (χ0v) is 59.7. The number of hydrogen-bond donors (Lipinski definition) is 20. The number of nitrogens with zero attached hydrogens (tertiary/aromatic N) is 3. The van der Waals surface area contributed by atoms with Crippen LogP contribution in [0.5, 0.6) is 0 Å². The number of aromatic amines is 3. The summed E-state index contributed by atoms with van der Waals surface area (Å²) in [5, 5.41) is 58.5. The van der Waals surface area contributed by atoms with E-state index in [-0.39, 0.29) is 99.9 Å². The Balaban J connectivity index is 1.99. The number of imidazole rings is 3. The number of H-pyrrole nitrogens is 3. The summed E-state index contributed by atoms with van der Waals surface area (Å²) < 4.78 is 0. The van der Waals surface area contributed by atoms with Crippen LogP contribution in [0.1, 0.15) is 143 Å². The van der Waals surface area contributed by atoms with Gasteiger partial charge in [-0.25, -0.2) is 19.7 Å². The van der Waals surface area contributed by atoms with Crippen molar-refractivity contribution in [2.24, 2.45) is 35.0 Å². The van der Waals surface area contributed by atoms with Crippen LogP contribution in [0.2, 0.25) is 0 Å². The molecule has 3 aromatic heterocycles. The lowest BCUT2D eigenvalue weighted by atomic mass is 10.0. The molecule has 0 unspecified atom stereocenters. The summed E-state index contributed by atoms with van der Waals surface area (Å²) in [4.78, 5) is 201. The summed E-state index contributed by atoms with van der Waals surface area (Å²) in [6.07, 6.45) is 7.74. The zero-order valence-electron chi connectivity index (χ0n) is 58.9. The molecule has 0 aliphatic heterocycles. The Morgan fingerprint density at radius 2 is 0.792 bits per heavy atom. The summed E-state index contributed by atoms with van der Waals surface area (Å²) in [6.45, 7) is 13.5. The highest BCUT2D eigenvalue weighted by Gasteiger charge is 2.38. The summed E-state index contributed by atoms with van der Waals surface area (Å²) in [5.41, 5.74) is 18.6. The normalized spacial score (nSPS) is 15.2. The second kappa shape index (κ2) is 44.9. The molecule has 0 aromatic carbocycles. The van der Waals surface area contributed by atoms with Gasteiger partial charge in [0, 0.05) is 44.3 Å². The molecule has 0 spiro atoms. The smallest absolute Gasteiger partial charge is 0.326 e. The summed E-state index contributed by atoms with van der Waals surface area (Å²) in [7, 11) is 0. The predicted octanol–water partition coefficient (Wildman–Crippen LogP) is -3.35. The fraction of sp³-hybridized carbons (Fsp3) is 0.656. The average molecular weight is 1440 g/mol. The number of aromatic nitrogens is 6. The Labute approximate surface area is 591 Å². The topological polar surface area (TPSA) is 579 Å². The maximum atomic E-state index is 14.8. The van der Waals surface area contributed by atoms with Crippen molar-refractivity contribution in [2.45, 2.75) is 224 Å². The van der Waals surface area contributed by atoms with Crippen LogP contribution in [0.15, 0.2) is 37.6 Å². The SMILES string of the molecule is CSCC[C@H](NC(=O)[C@H](CCC(=O)O)NC(=O)[C@H](Cc1c[nH]cn1)NC(=O)[C@H](CCCCN)NC(=O)[C@H](Cc1c[nH]cn1)NC(=O)[C@H](CCCCN)NC(=O)[C@H](Cc1c[nH]cn1)NC(=O)[C@@H](NC(=O)[C@H](C)NC(=O)[C@@H](N)CC(C)C)C(C)C)C(=O)N[C@H](C(=O)N[C@@H](CC(C)C)C(=O)O)[C@@H](C)O. The Morgan fingerprint density at radius 3 is 1.15 bits per heavy atom. The van der Waals surface area contributed by atoms with E-state index in [1.165, 1.54) is 63.2 Å². The van der Waals surface area contributed by atoms with Gasteiger partial charge in [-0.3, -0.25) is 57.5 Å². The highest BCUT2D eigenvalue weighted by Crippen LogP contribution is 2.14. The van der Waals surface area contributed by atoms with E-state index >= 15 is 0 Å². The molecular formula is C64H106N20O16S. The van der Waals surface area contributed by atoms with Gasteiger partial charge >= 0.3 is 11.9 Å². The van der Waals surface area contributed by atoms with Gasteiger partial charge in [0.05, 0.1) is 48.2 Å². The zero-order chi connectivity index (χ0) is 75.5. The molecule has 0 aliphatic carbocycles. The van der Waals surface area contributed by atoms with Crippen LogP contribution >= 0.6 is 11.8 Å². The molecular weight excluding hydrogens is 1340 g/mol. The number of rotatable bonds is 49. The lowest BCUT2D eigenvalue weighted by molar-refractivity contribution is -0.143. The van der Waals surface area contributed by atoms with Crippen LogP contribution in [0.3, 0.4) is 0 Å². The highest BCUT2D eigenvalue weighted by atomic mass is 32.2. The minimum Gasteiger partial charge on any atom is -0.481 e. The number of carboxylic acid groups (broad SMARTS) is 2. The lowest BCUT2D eigenvalue weighted by Gasteiger charge is -2.29. The van der Waals surface area contributed by atoms with Crippen LogP contribution in [0, 0.1) is 17.8 Å². The first-order chi connectivity index (χ1) is 47.8. The van der Waals surface area contributed by atoms with Gasteiger partial charge < -0.3 is 106 Å². The van der Waals surface area contributed by atoms with Crippen molar-refractivity contribution >= 4 is 88.7 Å². The van der Waals surface area contributed by atoms with E-state index in [0.29, 0.717) is 25.0 Å². The number of amides is 11. The van der Waals surface area contributed by atoms with Gasteiger partial charge in [0.1, 0.15) is 66.5 Å². The van der Waals surface area contributed by atoms with E-state index in [0.717, 1.165) is 0 Å². The summed E-state index contributed by atoms with van der Waals surface area (Å²) in [6, 6.07) is -17.0. The van der Waals surface area contributed by atoms with E-state index < -0.39 is 174 Å². The number of unbranched alkanes of at least 4 members (excludes halogenated alkanes) is 2. The van der Waals surface area contributed by atoms with Gasteiger partial charge in [0.15, 0.2) is 0 Å². The number of nitrogens with two attached hydrogens (primary N) is 3. The molecule has 101 heavy (non-hydrogen) atoms. The van der Waals surface area contributed by atoms with Crippen LogP contribution in [0.4, 0.5) is 0 Å². The molecule has 0 saturated carbocycles. The number of carboxylic acids is 2. The van der Waals surface area contributed by atoms with Crippen LogP contribution < -0.4 is 75.7 Å². The Bertz CT molecular complexity index is 3120. The Hall–Kier alpha value is -9.07. The van der Waals surface area contributed by atoms with E-state index in [4.69, 9.17) is 17.2 Å². The average Bonchev–Trinajstić information content (AvgIpc) is 1.55. The van der Waals surface area contributed by atoms with Crippen LogP contribution in [0.25, 0.3) is 0 Å². The number of carbonyl (C=O) groups excluding carboxylic acids is 11. The first kappa shape index (κ1) is 86.2. The van der Waals surface area contributed by atoms with Gasteiger partial charge in [-0.2, -0.15) is 11.8 Å². The summed E-state index contributed by atoms with van der Waals surface area (Å²) in [5.74, 6) is -13.0. The molecule has 11 amide bonds. The molecule has 564 valence electrons. The Morgan fingerprint density at radius 1 is 0.436 bits per heavy atom. The van der Waals surface area contributed by atoms with Gasteiger partial charge in [-0.05, 0) is 121 Å². The molecule has 13 atom stereocenters. The number of aliphatic hydroxyl groups is 1. The standard InChI is InChI=1S/C64H106N20O16S/c1-33(2)22-41(67)54(89)74-36(7)53(88)83-51(35(5)6)62(97)81-48(26-40-29-70-32-73-40)61(96)76-43(15-11-13-20-66)56(91)79-46(24-38-27-68-30-71-38)59(94)75-42(14-10-12-19-65)55(90)80-47(25-39-28-69-31-72-39)60(95)77-44(16-17-50(86)87)57(92)78-45(18-21-101-9)58(93)84-52(37(8)85)63(98)82-49(64(99)100)23-34(3)4/h27-37,41-49,51-52,85H,10-26,65-67H2,1-9H3,(H,68,71)(H,69,72)(H,70,73)(H,74,89)(H,75,94)(H,76,96)(H,77,95)(H,78,92)(H,79,91)(H,80,90)(H,81,97)(H,82,98)(H,83,88)(H,84,93)(H,86,87)(H,99,100)/t36-,37+,41-,42-,43-,44-,45-,46-,47-,48-,49-,51-,52-/m0/s1. The molecule has 0 aliphatic rings. The number of carbonyl (C=O) groups is 13. The monoisotopic (exact) mass is 1440 g/mol. The first-order valence-electron chi connectivity index (χ1n) is 33.8. The molecule has 0 fully saturated rings.